The van der Waals surface area contributed by atoms with Crippen LogP contribution in [0.15, 0.2) is 47.6 Å². The minimum atomic E-state index is -0.565. The van der Waals surface area contributed by atoms with Crippen molar-refractivity contribution < 1.29 is 19.1 Å². The van der Waals surface area contributed by atoms with Crippen LogP contribution in [0.2, 0.25) is 0 Å². The van der Waals surface area contributed by atoms with Gasteiger partial charge in [-0.1, -0.05) is 11.8 Å². The number of nitro groups is 1. The topological polar surface area (TPSA) is 102 Å². The fourth-order valence-corrected chi connectivity index (χ4v) is 4.32. The third-order valence-electron chi connectivity index (χ3n) is 4.55. The van der Waals surface area contributed by atoms with E-state index in [0.29, 0.717) is 34.7 Å². The minimum absolute atomic E-state index is 0.316. The van der Waals surface area contributed by atoms with E-state index in [1.807, 2.05) is 42.7 Å². The second kappa shape index (κ2) is 10.2. The highest BCUT2D eigenvalue weighted by atomic mass is 32.2. The van der Waals surface area contributed by atoms with Crippen molar-refractivity contribution in [2.45, 2.75) is 24.3 Å². The Morgan fingerprint density at radius 1 is 1.10 bits per heavy atom. The molecule has 3 rings (SSSR count). The predicted molar refractivity (Wildman–Crippen MR) is 117 cm³/mol. The van der Waals surface area contributed by atoms with Crippen LogP contribution in [-0.4, -0.2) is 47.1 Å². The molecule has 164 valence electrons. The summed E-state index contributed by atoms with van der Waals surface area (Å²) in [6.07, 6.45) is 0. The fourth-order valence-electron chi connectivity index (χ4n) is 3.13. The van der Waals surface area contributed by atoms with E-state index in [9.17, 15) is 10.1 Å². The van der Waals surface area contributed by atoms with E-state index in [1.54, 1.807) is 25.3 Å². The summed E-state index contributed by atoms with van der Waals surface area (Å²) in [7, 11) is 3.08. The quantitative estimate of drug-likeness (QED) is 0.262. The summed E-state index contributed by atoms with van der Waals surface area (Å²) < 4.78 is 18.1. The molecule has 1 atom stereocenters. The molecule has 0 N–H and O–H groups in total. The number of hydrogen-bond donors (Lipinski definition) is 0. The minimum Gasteiger partial charge on any atom is -0.497 e. The Morgan fingerprint density at radius 2 is 1.81 bits per heavy atom. The summed E-state index contributed by atoms with van der Waals surface area (Å²) in [6, 6.07) is 12.8. The van der Waals surface area contributed by atoms with Crippen molar-refractivity contribution >= 4 is 11.8 Å². The van der Waals surface area contributed by atoms with Crippen LogP contribution >= 0.6 is 11.8 Å². The van der Waals surface area contributed by atoms with Crippen molar-refractivity contribution in [3.05, 3.63) is 64.0 Å². The molecular formula is C21H24N4O5S. The summed E-state index contributed by atoms with van der Waals surface area (Å²) in [6.45, 7) is 4.03. The van der Waals surface area contributed by atoms with Crippen LogP contribution in [0.5, 0.6) is 17.2 Å². The summed E-state index contributed by atoms with van der Waals surface area (Å²) in [5, 5.41) is 19.9. The number of thioether (sulfide) groups is 1. The lowest BCUT2D eigenvalue weighted by Gasteiger charge is -2.17. The van der Waals surface area contributed by atoms with Gasteiger partial charge in [-0.25, -0.2) is 0 Å². The summed E-state index contributed by atoms with van der Waals surface area (Å²) >= 11 is 1.26. The highest BCUT2D eigenvalue weighted by molar-refractivity contribution is 7.99. The average molecular weight is 445 g/mol. The molecular weight excluding hydrogens is 420 g/mol. The van der Waals surface area contributed by atoms with Crippen LogP contribution in [0.4, 0.5) is 0 Å². The lowest BCUT2D eigenvalue weighted by molar-refractivity contribution is -0.479. The first-order valence-electron chi connectivity index (χ1n) is 9.62. The average Bonchev–Trinajstić information content (AvgIpc) is 3.13. The summed E-state index contributed by atoms with van der Waals surface area (Å²) in [5.41, 5.74) is 1.49. The molecule has 0 aliphatic carbocycles. The molecule has 0 bridgehead atoms. The molecule has 10 heteroatoms. The van der Waals surface area contributed by atoms with Gasteiger partial charge in [0.05, 0.1) is 20.8 Å². The van der Waals surface area contributed by atoms with Crippen LogP contribution in [-0.2, 0) is 0 Å². The van der Waals surface area contributed by atoms with E-state index in [2.05, 4.69) is 10.2 Å². The normalized spacial score (nSPS) is 11.7. The van der Waals surface area contributed by atoms with E-state index in [1.165, 1.54) is 18.9 Å². The zero-order valence-electron chi connectivity index (χ0n) is 17.8. The lowest BCUT2D eigenvalue weighted by atomic mass is 10.1. The smallest absolute Gasteiger partial charge is 0.220 e. The molecule has 0 aliphatic heterocycles. The number of aryl methyl sites for hydroxylation is 1. The molecule has 0 saturated heterocycles. The molecule has 9 nitrogen and oxygen atoms in total. The molecule has 3 aromatic rings. The summed E-state index contributed by atoms with van der Waals surface area (Å²) in [4.78, 5) is 11.1. The highest BCUT2D eigenvalue weighted by Crippen LogP contribution is 2.41. The van der Waals surface area contributed by atoms with Crippen LogP contribution in [0.3, 0.4) is 0 Å². The standard InChI is InChI=1S/C21H24N4O5S/c1-5-30-16-8-6-15(7-9-16)25-14(2)22-23-21(25)31-20(13-24(26)27)18-12-17(28-3)10-11-19(18)29-4/h6-12,20H,5,13H2,1-4H3/t20-/m0/s1. The monoisotopic (exact) mass is 444 g/mol. The molecule has 0 unspecified atom stereocenters. The molecule has 0 saturated carbocycles. The van der Waals surface area contributed by atoms with Crippen molar-refractivity contribution in [2.75, 3.05) is 27.4 Å². The number of ether oxygens (including phenoxy) is 3. The number of aromatic nitrogens is 3. The summed E-state index contributed by atoms with van der Waals surface area (Å²) in [5.74, 6) is 2.57. The molecule has 0 spiro atoms. The number of benzene rings is 2. The van der Waals surface area contributed by atoms with Gasteiger partial charge in [-0.2, -0.15) is 0 Å². The molecule has 0 amide bonds. The zero-order valence-corrected chi connectivity index (χ0v) is 18.6. The van der Waals surface area contributed by atoms with Gasteiger partial charge in [0.2, 0.25) is 6.54 Å². The Hall–Kier alpha value is -3.27. The molecule has 2 aromatic carbocycles. The molecule has 0 radical (unpaired) electrons. The second-order valence-corrected chi connectivity index (χ2v) is 7.69. The Morgan fingerprint density at radius 3 is 2.42 bits per heavy atom. The van der Waals surface area contributed by atoms with Crippen LogP contribution in [0, 0.1) is 17.0 Å². The lowest BCUT2D eigenvalue weighted by Crippen LogP contribution is -2.12. The van der Waals surface area contributed by atoms with Crippen LogP contribution < -0.4 is 14.2 Å². The first kappa shape index (κ1) is 22.4. The van der Waals surface area contributed by atoms with Gasteiger partial charge in [-0.3, -0.25) is 14.7 Å². The zero-order chi connectivity index (χ0) is 22.4. The Balaban J connectivity index is 1.99. The molecule has 31 heavy (non-hydrogen) atoms. The number of methoxy groups -OCH3 is 2. The Bertz CT molecular complexity index is 1040. The van der Waals surface area contributed by atoms with Gasteiger partial charge in [0.1, 0.15) is 28.3 Å². The van der Waals surface area contributed by atoms with E-state index in [-0.39, 0.29) is 11.5 Å². The number of rotatable bonds is 10. The predicted octanol–water partition coefficient (Wildman–Crippen LogP) is 4.10. The van der Waals surface area contributed by atoms with Crippen molar-refractivity contribution in [1.29, 1.82) is 0 Å². The van der Waals surface area contributed by atoms with E-state index < -0.39 is 5.25 Å². The molecule has 0 fully saturated rings. The van der Waals surface area contributed by atoms with Crippen LogP contribution in [0.25, 0.3) is 5.69 Å². The van der Waals surface area contributed by atoms with Crippen molar-refractivity contribution in [3.8, 4) is 22.9 Å². The maximum atomic E-state index is 11.4. The Labute approximate surface area is 184 Å². The SMILES string of the molecule is CCOc1ccc(-n2c(C)nnc2S[C@@H](C[N+](=O)[O-])c2cc(OC)ccc2OC)cc1. The third kappa shape index (κ3) is 5.26. The highest BCUT2D eigenvalue weighted by Gasteiger charge is 2.27. The maximum absolute atomic E-state index is 11.4. The number of nitrogens with zero attached hydrogens (tertiary/aromatic N) is 4. The van der Waals surface area contributed by atoms with E-state index in [4.69, 9.17) is 14.2 Å². The Kier molecular flexibility index (Phi) is 7.35. The van der Waals surface area contributed by atoms with Crippen molar-refractivity contribution in [3.63, 3.8) is 0 Å². The van der Waals surface area contributed by atoms with E-state index >= 15 is 0 Å². The van der Waals surface area contributed by atoms with Gasteiger partial charge in [0.15, 0.2) is 5.16 Å². The van der Waals surface area contributed by atoms with Crippen molar-refractivity contribution in [2.24, 2.45) is 0 Å². The first-order valence-corrected chi connectivity index (χ1v) is 10.5. The molecule has 1 aromatic heterocycles. The second-order valence-electron chi connectivity index (χ2n) is 6.52. The van der Waals surface area contributed by atoms with Crippen LogP contribution in [0.1, 0.15) is 23.6 Å². The van der Waals surface area contributed by atoms with Gasteiger partial charge in [0.25, 0.3) is 0 Å². The molecule has 0 aliphatic rings. The number of hydrogen-bond acceptors (Lipinski definition) is 8. The van der Waals surface area contributed by atoms with Gasteiger partial charge >= 0.3 is 0 Å². The fraction of sp³-hybridized carbons (Fsp3) is 0.333. The van der Waals surface area contributed by atoms with Crippen molar-refractivity contribution in [1.82, 2.24) is 14.8 Å². The van der Waals surface area contributed by atoms with E-state index in [0.717, 1.165) is 11.4 Å². The maximum Gasteiger partial charge on any atom is 0.220 e. The third-order valence-corrected chi connectivity index (χ3v) is 5.71. The van der Waals surface area contributed by atoms with Gasteiger partial charge in [-0.05, 0) is 56.3 Å². The largest absolute Gasteiger partial charge is 0.497 e. The molecule has 1 heterocycles. The first-order chi connectivity index (χ1) is 15.0. The van der Waals surface area contributed by atoms with Gasteiger partial charge in [-0.15, -0.1) is 10.2 Å². The van der Waals surface area contributed by atoms with Gasteiger partial charge in [0, 0.05) is 16.2 Å². The van der Waals surface area contributed by atoms with Gasteiger partial charge < -0.3 is 14.2 Å².